The molecule has 3 amide bonds. The third-order valence-electron chi connectivity index (χ3n) is 6.24. The lowest BCUT2D eigenvalue weighted by molar-refractivity contribution is -0.132. The summed E-state index contributed by atoms with van der Waals surface area (Å²) >= 11 is 0. The summed E-state index contributed by atoms with van der Waals surface area (Å²) in [5.41, 5.74) is 3.62. The lowest BCUT2D eigenvalue weighted by atomic mass is 10.1. The molecule has 32 heavy (non-hydrogen) atoms. The summed E-state index contributed by atoms with van der Waals surface area (Å²) in [6.07, 6.45) is 1.81. The zero-order valence-corrected chi connectivity index (χ0v) is 18.5. The quantitative estimate of drug-likeness (QED) is 0.758. The highest BCUT2D eigenvalue weighted by Gasteiger charge is 2.25. The van der Waals surface area contributed by atoms with Crippen molar-refractivity contribution in [1.82, 2.24) is 9.80 Å². The van der Waals surface area contributed by atoms with Crippen molar-refractivity contribution >= 4 is 29.1 Å². The van der Waals surface area contributed by atoms with E-state index in [0.717, 1.165) is 23.2 Å². The molecule has 0 radical (unpaired) electrons. The Morgan fingerprint density at radius 1 is 0.938 bits per heavy atom. The van der Waals surface area contributed by atoms with Crippen molar-refractivity contribution in [3.8, 4) is 0 Å². The van der Waals surface area contributed by atoms with Crippen LogP contribution in [0.5, 0.6) is 0 Å². The fraction of sp³-hybridized carbons (Fsp3) is 0.400. The van der Waals surface area contributed by atoms with E-state index in [0.29, 0.717) is 51.3 Å². The fourth-order valence-electron chi connectivity index (χ4n) is 4.35. The van der Waals surface area contributed by atoms with Crippen molar-refractivity contribution in [2.24, 2.45) is 0 Å². The van der Waals surface area contributed by atoms with E-state index in [1.165, 1.54) is 0 Å². The molecule has 2 saturated heterocycles. The van der Waals surface area contributed by atoms with Gasteiger partial charge in [0, 0.05) is 39.1 Å². The van der Waals surface area contributed by atoms with Gasteiger partial charge in [-0.1, -0.05) is 36.4 Å². The molecule has 0 bridgehead atoms. The molecule has 7 heteroatoms. The number of benzene rings is 2. The lowest BCUT2D eigenvalue weighted by Gasteiger charge is -2.34. The summed E-state index contributed by atoms with van der Waals surface area (Å²) in [5, 5.41) is 2.97. The van der Waals surface area contributed by atoms with Crippen LogP contribution in [0.3, 0.4) is 0 Å². The van der Waals surface area contributed by atoms with Gasteiger partial charge in [-0.25, -0.2) is 0 Å². The predicted octanol–water partition coefficient (Wildman–Crippen LogP) is 2.45. The van der Waals surface area contributed by atoms with Crippen molar-refractivity contribution in [2.75, 3.05) is 49.5 Å². The molecule has 2 aromatic rings. The fourth-order valence-corrected chi connectivity index (χ4v) is 4.35. The largest absolute Gasteiger partial charge is 0.340 e. The second kappa shape index (κ2) is 9.96. The summed E-state index contributed by atoms with van der Waals surface area (Å²) in [5.74, 6) is 0.120. The first-order valence-electron chi connectivity index (χ1n) is 11.2. The van der Waals surface area contributed by atoms with Crippen LogP contribution in [0.1, 0.15) is 24.0 Å². The second-order valence-corrected chi connectivity index (χ2v) is 8.47. The second-order valence-electron chi connectivity index (χ2n) is 8.47. The van der Waals surface area contributed by atoms with E-state index in [9.17, 15) is 14.4 Å². The van der Waals surface area contributed by atoms with Gasteiger partial charge in [-0.2, -0.15) is 0 Å². The number of carbonyl (C=O) groups excluding carboxylic acids is 3. The summed E-state index contributed by atoms with van der Waals surface area (Å²) in [7, 11) is 0. The van der Waals surface area contributed by atoms with E-state index < -0.39 is 0 Å². The molecule has 2 aromatic carbocycles. The highest BCUT2D eigenvalue weighted by atomic mass is 16.2. The molecule has 2 fully saturated rings. The Hall–Kier alpha value is -3.19. The van der Waals surface area contributed by atoms with Gasteiger partial charge in [0.05, 0.1) is 24.3 Å². The minimum atomic E-state index is -0.108. The molecule has 0 atom stereocenters. The van der Waals surface area contributed by atoms with Gasteiger partial charge < -0.3 is 15.1 Å². The highest BCUT2D eigenvalue weighted by molar-refractivity contribution is 6.02. The van der Waals surface area contributed by atoms with Crippen LogP contribution < -0.4 is 10.2 Å². The first-order chi connectivity index (χ1) is 15.5. The van der Waals surface area contributed by atoms with Gasteiger partial charge in [-0.05, 0) is 36.6 Å². The number of hydrogen-bond acceptors (Lipinski definition) is 4. The summed E-state index contributed by atoms with van der Waals surface area (Å²) in [4.78, 5) is 43.2. The van der Waals surface area contributed by atoms with E-state index in [1.807, 2.05) is 60.4 Å². The number of piperazine rings is 1. The number of nitrogens with zero attached hydrogens (tertiary/aromatic N) is 3. The predicted molar refractivity (Wildman–Crippen MR) is 125 cm³/mol. The molecule has 0 spiro atoms. The minimum absolute atomic E-state index is 0.0955. The number of rotatable bonds is 6. The molecule has 2 aliphatic rings. The number of nitrogens with one attached hydrogen (secondary N) is 1. The molecule has 1 N–H and O–H groups in total. The van der Waals surface area contributed by atoms with Gasteiger partial charge in [0.25, 0.3) is 0 Å². The SMILES string of the molecule is Cc1ccccc1CC(=O)N1CCN(CC(=O)Nc2ccccc2N2CCCC2=O)CC1. The summed E-state index contributed by atoms with van der Waals surface area (Å²) in [6.45, 7) is 5.55. The zero-order valence-electron chi connectivity index (χ0n) is 18.5. The van der Waals surface area contributed by atoms with Gasteiger partial charge in [0.2, 0.25) is 17.7 Å². The molecule has 0 saturated carbocycles. The molecular formula is C25H30N4O3. The number of hydrogen-bond donors (Lipinski definition) is 1. The molecule has 2 aliphatic heterocycles. The molecule has 0 aliphatic carbocycles. The van der Waals surface area contributed by atoms with Crippen LogP contribution in [0.4, 0.5) is 11.4 Å². The van der Waals surface area contributed by atoms with Crippen LogP contribution in [0.25, 0.3) is 0 Å². The number of carbonyl (C=O) groups is 3. The van der Waals surface area contributed by atoms with E-state index in [1.54, 1.807) is 4.90 Å². The Morgan fingerprint density at radius 2 is 1.66 bits per heavy atom. The molecule has 0 aromatic heterocycles. The van der Waals surface area contributed by atoms with E-state index in [2.05, 4.69) is 10.2 Å². The third kappa shape index (κ3) is 5.16. The third-order valence-corrected chi connectivity index (χ3v) is 6.24. The smallest absolute Gasteiger partial charge is 0.238 e. The van der Waals surface area contributed by atoms with Crippen LogP contribution in [0.2, 0.25) is 0 Å². The maximum atomic E-state index is 12.7. The van der Waals surface area contributed by atoms with Crippen LogP contribution in [0, 0.1) is 6.92 Å². The van der Waals surface area contributed by atoms with Gasteiger partial charge in [-0.15, -0.1) is 0 Å². The number of amides is 3. The van der Waals surface area contributed by atoms with E-state index >= 15 is 0 Å². The maximum Gasteiger partial charge on any atom is 0.238 e. The normalized spacial score (nSPS) is 17.0. The van der Waals surface area contributed by atoms with Crippen molar-refractivity contribution in [3.63, 3.8) is 0 Å². The average molecular weight is 435 g/mol. The summed E-state index contributed by atoms with van der Waals surface area (Å²) in [6, 6.07) is 15.4. The van der Waals surface area contributed by atoms with Crippen LogP contribution >= 0.6 is 0 Å². The molecule has 7 nitrogen and oxygen atoms in total. The van der Waals surface area contributed by atoms with Crippen LogP contribution in [0.15, 0.2) is 48.5 Å². The number of aryl methyl sites for hydroxylation is 1. The van der Waals surface area contributed by atoms with Crippen LogP contribution in [-0.4, -0.2) is 66.8 Å². The Bertz CT molecular complexity index is 998. The van der Waals surface area contributed by atoms with Crippen LogP contribution in [-0.2, 0) is 20.8 Å². The molecule has 2 heterocycles. The van der Waals surface area contributed by atoms with Gasteiger partial charge in [0.1, 0.15) is 0 Å². The Balaban J connectivity index is 1.28. The Labute approximate surface area is 189 Å². The standard InChI is InChI=1S/C25H30N4O3/c1-19-7-2-3-8-20(19)17-25(32)28-15-13-27(14-16-28)18-23(30)26-21-9-4-5-10-22(21)29-12-6-11-24(29)31/h2-5,7-10H,6,11-18H2,1H3,(H,26,30). The molecular weight excluding hydrogens is 404 g/mol. The van der Waals surface area contributed by atoms with E-state index in [-0.39, 0.29) is 24.3 Å². The van der Waals surface area contributed by atoms with Crippen molar-refractivity contribution < 1.29 is 14.4 Å². The Kier molecular flexibility index (Phi) is 6.85. The van der Waals surface area contributed by atoms with E-state index in [4.69, 9.17) is 0 Å². The van der Waals surface area contributed by atoms with Crippen molar-refractivity contribution in [3.05, 3.63) is 59.7 Å². The van der Waals surface area contributed by atoms with Gasteiger partial charge >= 0.3 is 0 Å². The van der Waals surface area contributed by atoms with Gasteiger partial charge in [-0.3, -0.25) is 19.3 Å². The minimum Gasteiger partial charge on any atom is -0.340 e. The summed E-state index contributed by atoms with van der Waals surface area (Å²) < 4.78 is 0. The zero-order chi connectivity index (χ0) is 22.5. The first-order valence-corrected chi connectivity index (χ1v) is 11.2. The number of para-hydroxylation sites is 2. The first kappa shape index (κ1) is 22.0. The van der Waals surface area contributed by atoms with Gasteiger partial charge in [0.15, 0.2) is 0 Å². The van der Waals surface area contributed by atoms with Crippen molar-refractivity contribution in [2.45, 2.75) is 26.2 Å². The lowest BCUT2D eigenvalue weighted by Crippen LogP contribution is -2.50. The molecule has 168 valence electrons. The highest BCUT2D eigenvalue weighted by Crippen LogP contribution is 2.29. The van der Waals surface area contributed by atoms with Crippen molar-refractivity contribution in [1.29, 1.82) is 0 Å². The monoisotopic (exact) mass is 434 g/mol. The average Bonchev–Trinajstić information content (AvgIpc) is 3.22. The molecule has 0 unspecified atom stereocenters. The number of anilines is 2. The Morgan fingerprint density at radius 3 is 2.38 bits per heavy atom. The maximum absolute atomic E-state index is 12.7. The molecule has 4 rings (SSSR count). The topological polar surface area (TPSA) is 73.0 Å².